The summed E-state index contributed by atoms with van der Waals surface area (Å²) >= 11 is 0. The fraction of sp³-hybridized carbons (Fsp3) is 0.429. The van der Waals surface area contributed by atoms with Crippen LogP contribution in [-0.4, -0.2) is 53.8 Å². The van der Waals surface area contributed by atoms with Crippen LogP contribution in [0.1, 0.15) is 23.6 Å². The van der Waals surface area contributed by atoms with Gasteiger partial charge < -0.3 is 14.9 Å². The number of aromatic nitrogens is 2. The van der Waals surface area contributed by atoms with Crippen molar-refractivity contribution in [2.75, 3.05) is 44.2 Å². The minimum absolute atomic E-state index is 0.238. The molecule has 140 valence electrons. The van der Waals surface area contributed by atoms with Gasteiger partial charge in [-0.3, -0.25) is 4.40 Å². The van der Waals surface area contributed by atoms with Crippen molar-refractivity contribution in [2.24, 2.45) is 0 Å². The standard InChI is InChI=1S/C21H25N5O/c1-3-16-15(2)17(14-22)20-23-18-6-4-5-7-19(18)26(20)21(16)25-10-8-24(9-11-25)12-13-27/h4-7,27H,3,8-13H2,1-2H3/p+1. The van der Waals surface area contributed by atoms with Crippen molar-refractivity contribution in [3.05, 3.63) is 41.0 Å². The Labute approximate surface area is 159 Å². The maximum Gasteiger partial charge on any atom is 0.157 e. The molecular formula is C21H26N5O+. The first kappa shape index (κ1) is 17.8. The molecule has 6 nitrogen and oxygen atoms in total. The molecule has 2 aromatic heterocycles. The van der Waals surface area contributed by atoms with Crippen LogP contribution in [0.5, 0.6) is 0 Å². The van der Waals surface area contributed by atoms with Crippen LogP contribution in [0.2, 0.25) is 0 Å². The number of pyridine rings is 1. The number of nitrogens with zero attached hydrogens (tertiary/aromatic N) is 4. The number of nitrogens with one attached hydrogen (secondary N) is 1. The van der Waals surface area contributed by atoms with Gasteiger partial charge in [0.15, 0.2) is 5.65 Å². The lowest BCUT2D eigenvalue weighted by Crippen LogP contribution is -3.15. The summed E-state index contributed by atoms with van der Waals surface area (Å²) in [5, 5.41) is 19.0. The molecule has 0 aliphatic carbocycles. The van der Waals surface area contributed by atoms with Crippen LogP contribution in [-0.2, 0) is 6.42 Å². The lowest BCUT2D eigenvalue weighted by molar-refractivity contribution is -0.900. The van der Waals surface area contributed by atoms with E-state index in [0.29, 0.717) is 5.56 Å². The number of aliphatic hydroxyl groups excluding tert-OH is 1. The van der Waals surface area contributed by atoms with E-state index in [1.54, 1.807) is 0 Å². The van der Waals surface area contributed by atoms with Crippen LogP contribution >= 0.6 is 0 Å². The zero-order valence-corrected chi connectivity index (χ0v) is 16.0. The molecule has 4 rings (SSSR count). The molecule has 0 saturated carbocycles. The number of para-hydroxylation sites is 2. The average Bonchev–Trinajstić information content (AvgIpc) is 3.07. The normalized spacial score (nSPS) is 15.6. The summed E-state index contributed by atoms with van der Waals surface area (Å²) in [7, 11) is 0. The van der Waals surface area contributed by atoms with Crippen LogP contribution in [0, 0.1) is 18.3 Å². The number of aliphatic hydroxyl groups is 1. The van der Waals surface area contributed by atoms with Crippen LogP contribution in [0.3, 0.4) is 0 Å². The Morgan fingerprint density at radius 2 is 2.00 bits per heavy atom. The fourth-order valence-electron chi connectivity index (χ4n) is 4.36. The van der Waals surface area contributed by atoms with E-state index in [0.717, 1.165) is 61.4 Å². The summed E-state index contributed by atoms with van der Waals surface area (Å²) in [5.74, 6) is 1.18. The molecule has 1 aliphatic rings. The van der Waals surface area contributed by atoms with Crippen LogP contribution < -0.4 is 9.80 Å². The van der Waals surface area contributed by atoms with E-state index in [-0.39, 0.29) is 6.61 Å². The number of hydrogen-bond donors (Lipinski definition) is 2. The molecule has 1 aliphatic heterocycles. The summed E-state index contributed by atoms with van der Waals surface area (Å²) in [6.45, 7) is 9.16. The topological polar surface area (TPSA) is 69.0 Å². The van der Waals surface area contributed by atoms with E-state index in [1.807, 2.05) is 25.1 Å². The third-order valence-corrected chi connectivity index (χ3v) is 5.79. The fourth-order valence-corrected chi connectivity index (χ4v) is 4.36. The van der Waals surface area contributed by atoms with Crippen LogP contribution in [0.15, 0.2) is 24.3 Å². The molecule has 1 fully saturated rings. The molecule has 0 spiro atoms. The minimum Gasteiger partial charge on any atom is -0.391 e. The van der Waals surface area contributed by atoms with Gasteiger partial charge in [0.25, 0.3) is 0 Å². The van der Waals surface area contributed by atoms with Crippen molar-refractivity contribution in [3.8, 4) is 6.07 Å². The van der Waals surface area contributed by atoms with Gasteiger partial charge >= 0.3 is 0 Å². The van der Waals surface area contributed by atoms with E-state index in [9.17, 15) is 10.4 Å². The number of piperazine rings is 1. The Hall–Kier alpha value is -2.62. The predicted octanol–water partition coefficient (Wildman–Crippen LogP) is 0.927. The Morgan fingerprint density at radius 1 is 1.26 bits per heavy atom. The lowest BCUT2D eigenvalue weighted by atomic mass is 10.0. The molecule has 0 bridgehead atoms. The molecule has 2 N–H and O–H groups in total. The number of quaternary nitrogens is 1. The number of benzene rings is 1. The van der Waals surface area contributed by atoms with E-state index in [4.69, 9.17) is 4.98 Å². The number of anilines is 1. The summed E-state index contributed by atoms with van der Waals surface area (Å²) in [6.07, 6.45) is 0.877. The van der Waals surface area contributed by atoms with Gasteiger partial charge in [0.05, 0.1) is 49.4 Å². The van der Waals surface area contributed by atoms with Gasteiger partial charge in [0.2, 0.25) is 0 Å². The van der Waals surface area contributed by atoms with Crippen LogP contribution in [0.4, 0.5) is 5.82 Å². The van der Waals surface area contributed by atoms with Crippen molar-refractivity contribution >= 4 is 22.5 Å². The molecule has 0 unspecified atom stereocenters. The molecule has 6 heteroatoms. The monoisotopic (exact) mass is 364 g/mol. The third-order valence-electron chi connectivity index (χ3n) is 5.79. The predicted molar refractivity (Wildman–Crippen MR) is 106 cm³/mol. The van der Waals surface area contributed by atoms with Crippen molar-refractivity contribution in [3.63, 3.8) is 0 Å². The van der Waals surface area contributed by atoms with E-state index >= 15 is 0 Å². The smallest absolute Gasteiger partial charge is 0.157 e. The Balaban J connectivity index is 1.95. The van der Waals surface area contributed by atoms with Gasteiger partial charge in [0.1, 0.15) is 18.4 Å². The number of fused-ring (bicyclic) bond motifs is 3. The van der Waals surface area contributed by atoms with Crippen LogP contribution in [0.25, 0.3) is 16.7 Å². The van der Waals surface area contributed by atoms with Gasteiger partial charge in [-0.15, -0.1) is 0 Å². The van der Waals surface area contributed by atoms with Gasteiger partial charge in [0, 0.05) is 0 Å². The molecule has 3 heterocycles. The van der Waals surface area contributed by atoms with Crippen molar-refractivity contribution in [2.45, 2.75) is 20.3 Å². The maximum atomic E-state index is 9.81. The van der Waals surface area contributed by atoms with Gasteiger partial charge in [-0.1, -0.05) is 19.1 Å². The van der Waals surface area contributed by atoms with Gasteiger partial charge in [-0.05, 0) is 36.6 Å². The van der Waals surface area contributed by atoms with Crippen molar-refractivity contribution in [1.29, 1.82) is 5.26 Å². The van der Waals surface area contributed by atoms with Gasteiger partial charge in [-0.2, -0.15) is 5.26 Å². The molecule has 0 atom stereocenters. The SMILES string of the molecule is CCc1c(C)c(C#N)c2nc3ccccc3n2c1N1CC[NH+](CCO)CC1. The number of hydrogen-bond acceptors (Lipinski definition) is 4. The molecule has 1 aromatic carbocycles. The first-order valence-electron chi connectivity index (χ1n) is 9.71. The number of nitriles is 1. The lowest BCUT2D eigenvalue weighted by Gasteiger charge is -2.35. The molecular weight excluding hydrogens is 338 g/mol. The molecule has 27 heavy (non-hydrogen) atoms. The second-order valence-electron chi connectivity index (χ2n) is 7.24. The highest BCUT2D eigenvalue weighted by molar-refractivity contribution is 5.86. The first-order valence-corrected chi connectivity index (χ1v) is 9.71. The van der Waals surface area contributed by atoms with Gasteiger partial charge in [-0.25, -0.2) is 4.98 Å². The summed E-state index contributed by atoms with van der Waals surface area (Å²) in [5.41, 5.74) is 5.69. The Bertz CT molecular complexity index is 1020. The highest BCUT2D eigenvalue weighted by Crippen LogP contribution is 2.33. The van der Waals surface area contributed by atoms with E-state index in [1.165, 1.54) is 16.3 Å². The second kappa shape index (κ2) is 7.18. The number of imidazole rings is 1. The summed E-state index contributed by atoms with van der Waals surface area (Å²) in [4.78, 5) is 8.69. The van der Waals surface area contributed by atoms with E-state index in [2.05, 4.69) is 28.4 Å². The largest absolute Gasteiger partial charge is 0.391 e. The summed E-state index contributed by atoms with van der Waals surface area (Å²) < 4.78 is 2.19. The molecule has 0 amide bonds. The first-order chi connectivity index (χ1) is 13.2. The second-order valence-corrected chi connectivity index (χ2v) is 7.24. The highest BCUT2D eigenvalue weighted by atomic mass is 16.3. The van der Waals surface area contributed by atoms with E-state index < -0.39 is 0 Å². The highest BCUT2D eigenvalue weighted by Gasteiger charge is 2.27. The molecule has 1 saturated heterocycles. The summed E-state index contributed by atoms with van der Waals surface area (Å²) in [6, 6.07) is 10.5. The van der Waals surface area contributed by atoms with Crippen molar-refractivity contribution < 1.29 is 10.0 Å². The quantitative estimate of drug-likeness (QED) is 0.723. The molecule has 0 radical (unpaired) electrons. The van der Waals surface area contributed by atoms with Crippen molar-refractivity contribution in [1.82, 2.24) is 9.38 Å². The Morgan fingerprint density at radius 3 is 2.67 bits per heavy atom. The average molecular weight is 364 g/mol. The number of rotatable bonds is 4. The maximum absolute atomic E-state index is 9.81. The third kappa shape index (κ3) is 2.84. The zero-order valence-electron chi connectivity index (χ0n) is 16.0. The Kier molecular flexibility index (Phi) is 4.73. The molecule has 3 aromatic rings. The zero-order chi connectivity index (χ0) is 19.0. The minimum atomic E-state index is 0.238.